The maximum atomic E-state index is 6.27. The molecule has 1 aliphatic heterocycles. The molecule has 3 aromatic rings. The molecule has 3 heterocycles. The largest absolute Gasteiger partial charge is 0.489 e. The van der Waals surface area contributed by atoms with Crippen LogP contribution in [0.3, 0.4) is 0 Å². The number of ether oxygens (including phenoxy) is 1. The first-order valence-electron chi connectivity index (χ1n) is 10.2. The van der Waals surface area contributed by atoms with Crippen LogP contribution in [-0.4, -0.2) is 37.8 Å². The lowest BCUT2D eigenvalue weighted by Crippen LogP contribution is -2.25. The zero-order valence-corrected chi connectivity index (χ0v) is 17.2. The van der Waals surface area contributed by atoms with Gasteiger partial charge in [0.25, 0.3) is 0 Å². The summed E-state index contributed by atoms with van der Waals surface area (Å²) in [6, 6.07) is 10.00. The fourth-order valence-electron chi connectivity index (χ4n) is 4.49. The third-order valence-electron chi connectivity index (χ3n) is 5.87. The molecular formula is C22H24ClN5O. The van der Waals surface area contributed by atoms with Crippen molar-refractivity contribution in [3.8, 4) is 11.4 Å². The summed E-state index contributed by atoms with van der Waals surface area (Å²) in [4.78, 5) is 6.39. The van der Waals surface area contributed by atoms with E-state index in [0.29, 0.717) is 5.92 Å². The number of hydrogen-bond donors (Lipinski definition) is 0. The molecule has 2 aliphatic rings. The van der Waals surface area contributed by atoms with Crippen molar-refractivity contribution >= 4 is 11.6 Å². The second-order valence-electron chi connectivity index (χ2n) is 8.04. The summed E-state index contributed by atoms with van der Waals surface area (Å²) < 4.78 is 8.38. The third kappa shape index (κ3) is 3.74. The molecule has 0 saturated heterocycles. The molecule has 1 fully saturated rings. The van der Waals surface area contributed by atoms with E-state index in [2.05, 4.69) is 43.8 Å². The average Bonchev–Trinajstić information content (AvgIpc) is 3.06. The van der Waals surface area contributed by atoms with Gasteiger partial charge in [0.15, 0.2) is 5.82 Å². The van der Waals surface area contributed by atoms with Gasteiger partial charge in [-0.3, -0.25) is 14.5 Å². The van der Waals surface area contributed by atoms with Crippen LogP contribution in [0.5, 0.6) is 5.75 Å². The van der Waals surface area contributed by atoms with Crippen LogP contribution in [0.1, 0.15) is 48.8 Å². The number of pyridine rings is 1. The van der Waals surface area contributed by atoms with Crippen molar-refractivity contribution in [1.29, 1.82) is 0 Å². The van der Waals surface area contributed by atoms with Gasteiger partial charge in [-0.05, 0) is 68.6 Å². The minimum Gasteiger partial charge on any atom is -0.489 e. The monoisotopic (exact) mass is 409 g/mol. The zero-order chi connectivity index (χ0) is 19.8. The molecule has 29 heavy (non-hydrogen) atoms. The highest BCUT2D eigenvalue weighted by Crippen LogP contribution is 2.36. The molecule has 0 unspecified atom stereocenters. The summed E-state index contributed by atoms with van der Waals surface area (Å²) >= 11 is 6.27. The highest BCUT2D eigenvalue weighted by atomic mass is 35.5. The lowest BCUT2D eigenvalue weighted by Gasteiger charge is -2.28. The molecule has 0 spiro atoms. The van der Waals surface area contributed by atoms with Gasteiger partial charge >= 0.3 is 0 Å². The van der Waals surface area contributed by atoms with E-state index >= 15 is 0 Å². The Morgan fingerprint density at radius 1 is 1.07 bits per heavy atom. The summed E-state index contributed by atoms with van der Waals surface area (Å²) in [5.74, 6) is 3.30. The topological polar surface area (TPSA) is 56.1 Å². The van der Waals surface area contributed by atoms with Crippen LogP contribution < -0.4 is 4.74 Å². The van der Waals surface area contributed by atoms with Gasteiger partial charge in [-0.2, -0.15) is 0 Å². The van der Waals surface area contributed by atoms with E-state index in [9.17, 15) is 0 Å². The van der Waals surface area contributed by atoms with Gasteiger partial charge in [-0.25, -0.2) is 0 Å². The van der Waals surface area contributed by atoms with Crippen molar-refractivity contribution in [2.45, 2.75) is 50.8 Å². The van der Waals surface area contributed by atoms with Crippen LogP contribution in [-0.2, 0) is 13.1 Å². The van der Waals surface area contributed by atoms with Gasteiger partial charge < -0.3 is 4.74 Å². The Morgan fingerprint density at radius 2 is 1.93 bits per heavy atom. The van der Waals surface area contributed by atoms with E-state index in [-0.39, 0.29) is 6.10 Å². The smallest absolute Gasteiger partial charge is 0.151 e. The molecule has 0 atom stereocenters. The molecule has 1 saturated carbocycles. The van der Waals surface area contributed by atoms with E-state index in [1.54, 1.807) is 12.4 Å². The minimum atomic E-state index is 0.235. The average molecular weight is 410 g/mol. The van der Waals surface area contributed by atoms with Crippen LogP contribution in [0.4, 0.5) is 0 Å². The Bertz CT molecular complexity index is 998. The Morgan fingerprint density at radius 3 is 2.72 bits per heavy atom. The standard InChI is InChI=1S/C22H24ClN5O/c1-27-13-16-11-17(23)6-9-20(16)28-21(14-27)25-26-22(28)15-4-7-18(8-5-15)29-19-3-2-10-24-12-19/h2-3,6,9-12,15,18H,4-5,7-8,13-14H2,1H3. The van der Waals surface area contributed by atoms with Gasteiger partial charge in [0, 0.05) is 23.7 Å². The molecule has 6 nitrogen and oxygen atoms in total. The maximum absolute atomic E-state index is 6.27. The second kappa shape index (κ2) is 7.76. The molecule has 0 radical (unpaired) electrons. The van der Waals surface area contributed by atoms with E-state index in [1.165, 1.54) is 5.56 Å². The fourth-order valence-corrected chi connectivity index (χ4v) is 4.69. The third-order valence-corrected chi connectivity index (χ3v) is 6.10. The molecule has 7 heteroatoms. The van der Waals surface area contributed by atoms with E-state index in [4.69, 9.17) is 16.3 Å². The Hall–Kier alpha value is -2.44. The number of nitrogens with zero attached hydrogens (tertiary/aromatic N) is 5. The lowest BCUT2D eigenvalue weighted by atomic mass is 9.86. The number of fused-ring (bicyclic) bond motifs is 3. The van der Waals surface area contributed by atoms with E-state index in [0.717, 1.165) is 66.9 Å². The Kier molecular flexibility index (Phi) is 4.97. The fraction of sp³-hybridized carbons (Fsp3) is 0.409. The predicted octanol–water partition coefficient (Wildman–Crippen LogP) is 4.37. The lowest BCUT2D eigenvalue weighted by molar-refractivity contribution is 0.144. The summed E-state index contributed by atoms with van der Waals surface area (Å²) in [7, 11) is 2.11. The van der Waals surface area contributed by atoms with E-state index in [1.807, 2.05) is 18.2 Å². The number of rotatable bonds is 3. The highest BCUT2D eigenvalue weighted by molar-refractivity contribution is 6.30. The SMILES string of the molecule is CN1Cc2cc(Cl)ccc2-n2c(nnc2C2CCC(Oc3cccnc3)CC2)C1. The van der Waals surface area contributed by atoms with Crippen molar-refractivity contribution in [3.05, 3.63) is 65.0 Å². The Balaban J connectivity index is 1.38. The first-order valence-corrected chi connectivity index (χ1v) is 10.5. The number of halogens is 1. The molecule has 0 bridgehead atoms. The second-order valence-corrected chi connectivity index (χ2v) is 8.47. The van der Waals surface area contributed by atoms with Crippen molar-refractivity contribution in [2.75, 3.05) is 7.05 Å². The first-order chi connectivity index (χ1) is 14.2. The molecule has 1 aromatic carbocycles. The number of aromatic nitrogens is 4. The molecule has 150 valence electrons. The van der Waals surface area contributed by atoms with Gasteiger partial charge in [-0.15, -0.1) is 10.2 Å². The van der Waals surface area contributed by atoms with Crippen molar-refractivity contribution in [1.82, 2.24) is 24.6 Å². The van der Waals surface area contributed by atoms with Gasteiger partial charge in [0.2, 0.25) is 0 Å². The van der Waals surface area contributed by atoms with Crippen molar-refractivity contribution < 1.29 is 4.74 Å². The van der Waals surface area contributed by atoms with Crippen LogP contribution in [0.15, 0.2) is 42.7 Å². The molecule has 5 rings (SSSR count). The molecule has 2 aromatic heterocycles. The zero-order valence-electron chi connectivity index (χ0n) is 16.5. The summed E-state index contributed by atoms with van der Waals surface area (Å²) in [6.07, 6.45) is 7.89. The van der Waals surface area contributed by atoms with Crippen LogP contribution in [0.25, 0.3) is 5.69 Å². The molecule has 0 N–H and O–H groups in total. The normalized spacial score (nSPS) is 21.9. The van der Waals surface area contributed by atoms with E-state index < -0.39 is 0 Å². The van der Waals surface area contributed by atoms with Gasteiger partial charge in [0.05, 0.1) is 24.5 Å². The summed E-state index contributed by atoms with van der Waals surface area (Å²) in [6.45, 7) is 1.63. The van der Waals surface area contributed by atoms with Crippen LogP contribution in [0.2, 0.25) is 5.02 Å². The van der Waals surface area contributed by atoms with Crippen LogP contribution >= 0.6 is 11.6 Å². The highest BCUT2D eigenvalue weighted by Gasteiger charge is 2.30. The predicted molar refractivity (Wildman–Crippen MR) is 111 cm³/mol. The summed E-state index contributed by atoms with van der Waals surface area (Å²) in [5, 5.41) is 9.95. The minimum absolute atomic E-state index is 0.235. The quantitative estimate of drug-likeness (QED) is 0.643. The molecular weight excluding hydrogens is 386 g/mol. The Labute approximate surface area is 175 Å². The van der Waals surface area contributed by atoms with Gasteiger partial charge in [0.1, 0.15) is 11.6 Å². The van der Waals surface area contributed by atoms with Crippen molar-refractivity contribution in [3.63, 3.8) is 0 Å². The molecule has 1 aliphatic carbocycles. The maximum Gasteiger partial charge on any atom is 0.151 e. The molecule has 0 amide bonds. The number of benzene rings is 1. The van der Waals surface area contributed by atoms with Crippen molar-refractivity contribution in [2.24, 2.45) is 0 Å². The van der Waals surface area contributed by atoms with Gasteiger partial charge in [-0.1, -0.05) is 11.6 Å². The first kappa shape index (κ1) is 18.6. The summed E-state index contributed by atoms with van der Waals surface area (Å²) in [5.41, 5.74) is 2.37. The number of hydrogen-bond acceptors (Lipinski definition) is 5. The van der Waals surface area contributed by atoms with Crippen LogP contribution in [0, 0.1) is 0 Å².